The summed E-state index contributed by atoms with van der Waals surface area (Å²) >= 11 is 0. The Morgan fingerprint density at radius 1 is 0.853 bits per heavy atom. The van der Waals surface area contributed by atoms with E-state index in [9.17, 15) is 9.59 Å². The maximum Gasteiger partial charge on any atom is 0.252 e. The third-order valence-corrected chi connectivity index (χ3v) is 6.21. The SMILES string of the molecule is C[C@H](NC(=O)[C@H]1O[C@@H]2OC(C)(C)O[C@H]2[C@H]2OC(C)(C)O[C@@H]21)C(=O)Nc1cccc2ccccc12. The van der Waals surface area contributed by atoms with E-state index in [1.807, 2.05) is 42.5 Å². The van der Waals surface area contributed by atoms with E-state index in [0.717, 1.165) is 10.8 Å². The van der Waals surface area contributed by atoms with Gasteiger partial charge in [0.05, 0.1) is 0 Å². The van der Waals surface area contributed by atoms with Crippen LogP contribution in [0.4, 0.5) is 5.69 Å². The summed E-state index contributed by atoms with van der Waals surface area (Å²) in [7, 11) is 0. The zero-order chi connectivity index (χ0) is 24.3. The summed E-state index contributed by atoms with van der Waals surface area (Å²) in [6.07, 6.45) is -3.60. The van der Waals surface area contributed by atoms with Crippen molar-refractivity contribution in [2.24, 2.45) is 0 Å². The Hall–Kier alpha value is -2.56. The van der Waals surface area contributed by atoms with Gasteiger partial charge in [-0.05, 0) is 46.1 Å². The van der Waals surface area contributed by atoms with Crippen molar-refractivity contribution in [3.05, 3.63) is 42.5 Å². The lowest BCUT2D eigenvalue weighted by molar-refractivity contribution is -0.231. The third kappa shape index (κ3) is 4.30. The van der Waals surface area contributed by atoms with Crippen molar-refractivity contribution < 1.29 is 33.3 Å². The van der Waals surface area contributed by atoms with Gasteiger partial charge < -0.3 is 34.3 Å². The Morgan fingerprint density at radius 2 is 1.50 bits per heavy atom. The van der Waals surface area contributed by atoms with Gasteiger partial charge in [0.25, 0.3) is 5.91 Å². The van der Waals surface area contributed by atoms with Crippen LogP contribution in [-0.4, -0.2) is 60.1 Å². The number of amides is 2. The van der Waals surface area contributed by atoms with Gasteiger partial charge in [-0.3, -0.25) is 9.59 Å². The van der Waals surface area contributed by atoms with Gasteiger partial charge in [0.1, 0.15) is 24.4 Å². The van der Waals surface area contributed by atoms with Gasteiger partial charge in [-0.15, -0.1) is 0 Å². The number of benzene rings is 2. The normalized spacial score (nSPS) is 32.0. The minimum Gasteiger partial charge on any atom is -0.342 e. The summed E-state index contributed by atoms with van der Waals surface area (Å²) in [5.41, 5.74) is 0.675. The van der Waals surface area contributed by atoms with Crippen molar-refractivity contribution in [2.45, 2.75) is 82.9 Å². The second-order valence-electron chi connectivity index (χ2n) is 9.84. The van der Waals surface area contributed by atoms with E-state index in [1.165, 1.54) is 0 Å². The van der Waals surface area contributed by atoms with Gasteiger partial charge in [0.2, 0.25) is 5.91 Å². The van der Waals surface area contributed by atoms with E-state index >= 15 is 0 Å². The first-order valence-electron chi connectivity index (χ1n) is 11.5. The molecule has 2 aromatic rings. The summed E-state index contributed by atoms with van der Waals surface area (Å²) in [6, 6.07) is 12.6. The Bertz CT molecular complexity index is 1110. The first-order valence-corrected chi connectivity index (χ1v) is 11.5. The quantitative estimate of drug-likeness (QED) is 0.708. The second kappa shape index (κ2) is 8.28. The zero-order valence-electron chi connectivity index (χ0n) is 19.9. The first kappa shape index (κ1) is 23.2. The Labute approximate surface area is 198 Å². The Morgan fingerprint density at radius 3 is 2.29 bits per heavy atom. The van der Waals surface area contributed by atoms with Gasteiger partial charge in [-0.25, -0.2) is 0 Å². The van der Waals surface area contributed by atoms with Crippen LogP contribution >= 0.6 is 0 Å². The number of rotatable bonds is 4. The standard InChI is InChI=1S/C25H30N2O7/c1-13(21(28)27-16-12-8-10-14-9-6-7-11-15(14)16)26-22(29)19-17-18(32-24(2,3)31-17)20-23(30-19)34-25(4,5)33-20/h6-13,17-20,23H,1-5H3,(H,26,29)(H,27,28)/t13-,17-,18-,19-,20-,23+/m0/s1. The average Bonchev–Trinajstić information content (AvgIpc) is 3.26. The van der Waals surface area contributed by atoms with Crippen molar-refractivity contribution in [2.75, 3.05) is 5.32 Å². The largest absolute Gasteiger partial charge is 0.342 e. The molecule has 9 heteroatoms. The van der Waals surface area contributed by atoms with Crippen LogP contribution in [0.5, 0.6) is 0 Å². The van der Waals surface area contributed by atoms with Crippen molar-refractivity contribution in [1.29, 1.82) is 0 Å². The number of ether oxygens (including phenoxy) is 5. The lowest BCUT2D eigenvalue weighted by atomic mass is 9.98. The molecule has 3 saturated heterocycles. The molecule has 0 radical (unpaired) electrons. The molecule has 3 heterocycles. The average molecular weight is 471 g/mol. The van der Waals surface area contributed by atoms with Crippen LogP contribution in [0.3, 0.4) is 0 Å². The van der Waals surface area contributed by atoms with E-state index in [0.29, 0.717) is 5.69 Å². The smallest absolute Gasteiger partial charge is 0.252 e. The predicted molar refractivity (Wildman–Crippen MR) is 123 cm³/mol. The molecule has 5 rings (SSSR count). The number of nitrogens with one attached hydrogen (secondary N) is 2. The molecule has 0 saturated carbocycles. The van der Waals surface area contributed by atoms with E-state index in [4.69, 9.17) is 23.7 Å². The Kier molecular flexibility index (Phi) is 5.65. The third-order valence-electron chi connectivity index (χ3n) is 6.21. The molecule has 0 unspecified atom stereocenters. The lowest BCUT2D eigenvalue weighted by Crippen LogP contribution is -2.60. The number of carbonyl (C=O) groups excluding carboxylic acids is 2. The minimum atomic E-state index is -1.03. The van der Waals surface area contributed by atoms with Crippen LogP contribution < -0.4 is 10.6 Å². The second-order valence-corrected chi connectivity index (χ2v) is 9.84. The van der Waals surface area contributed by atoms with Crippen molar-refractivity contribution in [3.8, 4) is 0 Å². The number of fused-ring (bicyclic) bond motifs is 4. The highest BCUT2D eigenvalue weighted by atomic mass is 16.9. The molecule has 3 fully saturated rings. The molecule has 0 aliphatic carbocycles. The predicted octanol–water partition coefficient (Wildman–Crippen LogP) is 2.68. The topological polar surface area (TPSA) is 104 Å². The number of hydrogen-bond acceptors (Lipinski definition) is 7. The molecule has 9 nitrogen and oxygen atoms in total. The van der Waals surface area contributed by atoms with Gasteiger partial charge in [-0.2, -0.15) is 0 Å². The molecule has 3 aliphatic heterocycles. The van der Waals surface area contributed by atoms with E-state index in [2.05, 4.69) is 10.6 Å². The van der Waals surface area contributed by atoms with E-state index in [-0.39, 0.29) is 5.91 Å². The number of anilines is 1. The fourth-order valence-corrected chi connectivity index (χ4v) is 4.76. The molecule has 2 N–H and O–H groups in total. The van der Waals surface area contributed by atoms with Crippen LogP contribution in [0, 0.1) is 0 Å². The summed E-state index contributed by atoms with van der Waals surface area (Å²) < 4.78 is 29.8. The van der Waals surface area contributed by atoms with Crippen molar-refractivity contribution in [3.63, 3.8) is 0 Å². The molecular formula is C25H30N2O7. The molecule has 2 amide bonds. The van der Waals surface area contributed by atoms with E-state index < -0.39 is 54.2 Å². The van der Waals surface area contributed by atoms with Crippen LogP contribution in [-0.2, 0) is 33.3 Å². The Balaban J connectivity index is 1.29. The molecule has 6 atom stereocenters. The summed E-state index contributed by atoms with van der Waals surface area (Å²) in [5, 5.41) is 7.58. The summed E-state index contributed by atoms with van der Waals surface area (Å²) in [5.74, 6) is -2.63. The molecule has 34 heavy (non-hydrogen) atoms. The van der Waals surface area contributed by atoms with Crippen LogP contribution in [0.15, 0.2) is 42.5 Å². The zero-order valence-corrected chi connectivity index (χ0v) is 19.9. The molecule has 0 bridgehead atoms. The van der Waals surface area contributed by atoms with Gasteiger partial charge in [0.15, 0.2) is 24.0 Å². The highest BCUT2D eigenvalue weighted by Crippen LogP contribution is 2.44. The van der Waals surface area contributed by atoms with Crippen molar-refractivity contribution in [1.82, 2.24) is 5.32 Å². The fraction of sp³-hybridized carbons (Fsp3) is 0.520. The molecule has 0 aromatic heterocycles. The minimum absolute atomic E-state index is 0.347. The van der Waals surface area contributed by atoms with Crippen LogP contribution in [0.1, 0.15) is 34.6 Å². The molecule has 182 valence electrons. The number of hydrogen-bond donors (Lipinski definition) is 2. The summed E-state index contributed by atoms with van der Waals surface area (Å²) in [6.45, 7) is 8.72. The lowest BCUT2D eigenvalue weighted by Gasteiger charge is -2.36. The van der Waals surface area contributed by atoms with Crippen LogP contribution in [0.2, 0.25) is 0 Å². The summed E-state index contributed by atoms with van der Waals surface area (Å²) in [4.78, 5) is 26.1. The van der Waals surface area contributed by atoms with Gasteiger partial charge >= 0.3 is 0 Å². The fourth-order valence-electron chi connectivity index (χ4n) is 4.76. The number of carbonyl (C=O) groups is 2. The maximum atomic E-state index is 13.2. The van der Waals surface area contributed by atoms with E-state index in [1.54, 1.807) is 34.6 Å². The highest BCUT2D eigenvalue weighted by Gasteiger charge is 2.62. The monoisotopic (exact) mass is 470 g/mol. The highest BCUT2D eigenvalue weighted by molar-refractivity contribution is 6.04. The van der Waals surface area contributed by atoms with Crippen LogP contribution in [0.25, 0.3) is 10.8 Å². The molecule has 3 aliphatic rings. The van der Waals surface area contributed by atoms with Crippen molar-refractivity contribution >= 4 is 28.3 Å². The van der Waals surface area contributed by atoms with Gasteiger partial charge in [0, 0.05) is 11.1 Å². The molecular weight excluding hydrogens is 440 g/mol. The molecule has 2 aromatic carbocycles. The maximum absolute atomic E-state index is 13.2. The van der Waals surface area contributed by atoms with Gasteiger partial charge in [-0.1, -0.05) is 36.4 Å². The molecule has 0 spiro atoms. The first-order chi connectivity index (χ1) is 16.0.